The van der Waals surface area contributed by atoms with E-state index < -0.39 is 30.7 Å². The molecule has 0 unspecified atom stereocenters. The maximum absolute atomic E-state index is 6.80. The summed E-state index contributed by atoms with van der Waals surface area (Å²) in [6, 6.07) is 32.5. The van der Waals surface area contributed by atoms with Crippen LogP contribution in [0, 0.1) is 0 Å². The molecule has 1 fully saturated rings. The summed E-state index contributed by atoms with van der Waals surface area (Å²) in [7, 11) is 0. The Kier molecular flexibility index (Phi) is 14.0. The van der Waals surface area contributed by atoms with Crippen LogP contribution in [0.1, 0.15) is 41.5 Å². The van der Waals surface area contributed by atoms with Crippen LogP contribution in [0.5, 0.6) is 0 Å². The third-order valence-electron chi connectivity index (χ3n) is 8.96. The number of rotatable bonds is 20. The maximum atomic E-state index is 6.80. The first kappa shape index (κ1) is 35.9. The Morgan fingerprint density at radius 2 is 1.28 bits per heavy atom. The van der Waals surface area contributed by atoms with Gasteiger partial charge in [0.15, 0.2) is 6.29 Å². The van der Waals surface area contributed by atoms with Crippen molar-refractivity contribution in [3.05, 3.63) is 138 Å². The Hall–Kier alpha value is -3.93. The number of hydrogen-bond acceptors (Lipinski definition) is 8. The SMILES string of the molecule is NCCCCCOC[C@H]1O[C@@H](OCCc2c[nH]c3ccccc23)[C@H](OCc2ccccc2)[C@@H](OCc2ccccc2)[C@@H]1OCc1ccncc1. The number of para-hydroxylation sites is 1. The Labute approximate surface area is 295 Å². The lowest BCUT2D eigenvalue weighted by Crippen LogP contribution is -2.61. The smallest absolute Gasteiger partial charge is 0.186 e. The predicted molar refractivity (Wildman–Crippen MR) is 193 cm³/mol. The van der Waals surface area contributed by atoms with Gasteiger partial charge in [0, 0.05) is 36.1 Å². The predicted octanol–water partition coefficient (Wildman–Crippen LogP) is 6.75. The highest BCUT2D eigenvalue weighted by Crippen LogP contribution is 2.32. The van der Waals surface area contributed by atoms with Crippen molar-refractivity contribution in [2.45, 2.75) is 76.2 Å². The lowest BCUT2D eigenvalue weighted by atomic mass is 9.97. The van der Waals surface area contributed by atoms with Gasteiger partial charge >= 0.3 is 0 Å². The Balaban J connectivity index is 1.26. The summed E-state index contributed by atoms with van der Waals surface area (Å²) >= 11 is 0. The molecule has 5 atom stereocenters. The fourth-order valence-electron chi connectivity index (χ4n) is 6.27. The molecule has 3 aromatic carbocycles. The van der Waals surface area contributed by atoms with Crippen LogP contribution in [0.3, 0.4) is 0 Å². The Morgan fingerprint density at radius 3 is 2.00 bits per heavy atom. The van der Waals surface area contributed by atoms with Crippen LogP contribution in [0.4, 0.5) is 0 Å². The molecule has 3 heterocycles. The number of nitrogens with two attached hydrogens (primary N) is 1. The Morgan fingerprint density at radius 1 is 0.640 bits per heavy atom. The molecule has 1 saturated heterocycles. The van der Waals surface area contributed by atoms with E-state index in [-0.39, 0.29) is 0 Å². The number of benzene rings is 3. The van der Waals surface area contributed by atoms with E-state index in [1.54, 1.807) is 12.4 Å². The number of fused-ring (bicyclic) bond motifs is 1. The second kappa shape index (κ2) is 19.5. The summed E-state index contributed by atoms with van der Waals surface area (Å²) in [4.78, 5) is 7.54. The minimum absolute atomic E-state index is 0.322. The quantitative estimate of drug-likeness (QED) is 0.0870. The number of aromatic amines is 1. The van der Waals surface area contributed by atoms with E-state index in [9.17, 15) is 0 Å². The molecule has 9 nitrogen and oxygen atoms in total. The van der Waals surface area contributed by atoms with Crippen LogP contribution in [0.25, 0.3) is 10.9 Å². The van der Waals surface area contributed by atoms with Gasteiger partial charge in [-0.25, -0.2) is 0 Å². The van der Waals surface area contributed by atoms with Crippen LogP contribution in [0.15, 0.2) is 116 Å². The highest BCUT2D eigenvalue weighted by atomic mass is 16.7. The van der Waals surface area contributed by atoms with E-state index >= 15 is 0 Å². The van der Waals surface area contributed by atoms with Gasteiger partial charge in [-0.2, -0.15) is 0 Å². The molecule has 9 heteroatoms. The molecule has 0 spiro atoms. The molecule has 5 aromatic rings. The van der Waals surface area contributed by atoms with Crippen molar-refractivity contribution in [1.29, 1.82) is 0 Å². The van der Waals surface area contributed by atoms with E-state index in [1.807, 2.05) is 54.6 Å². The van der Waals surface area contributed by atoms with Crippen LogP contribution in [-0.4, -0.2) is 67.0 Å². The monoisotopic (exact) mass is 679 g/mol. The number of nitrogens with zero attached hydrogens (tertiary/aromatic N) is 1. The van der Waals surface area contributed by atoms with Crippen molar-refractivity contribution >= 4 is 10.9 Å². The number of hydrogen-bond donors (Lipinski definition) is 2. The first-order valence-corrected chi connectivity index (χ1v) is 17.7. The summed E-state index contributed by atoms with van der Waals surface area (Å²) in [6.07, 6.45) is 6.38. The van der Waals surface area contributed by atoms with Gasteiger partial charge in [-0.1, -0.05) is 78.9 Å². The largest absolute Gasteiger partial charge is 0.379 e. The molecule has 0 radical (unpaired) electrons. The fourth-order valence-corrected chi connectivity index (χ4v) is 6.27. The summed E-state index contributed by atoms with van der Waals surface area (Å²) < 4.78 is 39.9. The minimum atomic E-state index is -0.726. The number of ether oxygens (including phenoxy) is 6. The standard InChI is InChI=1S/C41H49N3O6/c42-21-10-3-11-24-45-30-37-38(47-29-33-18-22-43-23-19-33)39(48-27-31-12-4-1-5-13-31)40(49-28-32-14-6-2-7-15-32)41(50-37)46-25-20-34-26-44-36-17-9-8-16-35(34)36/h1-2,4-9,12-19,22-23,26,37-41,44H,3,10-11,20-21,24-25,27-30,42H2/t37-,38-,39+,40-,41-/m1/s1. The van der Waals surface area contributed by atoms with Crippen molar-refractivity contribution in [2.24, 2.45) is 5.73 Å². The van der Waals surface area contributed by atoms with Crippen LogP contribution in [-0.2, 0) is 54.7 Å². The number of nitrogens with one attached hydrogen (secondary N) is 1. The van der Waals surface area contributed by atoms with Crippen molar-refractivity contribution in [2.75, 3.05) is 26.4 Å². The zero-order valence-electron chi connectivity index (χ0n) is 28.6. The van der Waals surface area contributed by atoms with Gasteiger partial charge in [0.1, 0.15) is 24.4 Å². The topological polar surface area (TPSA) is 110 Å². The van der Waals surface area contributed by atoms with Crippen LogP contribution >= 0.6 is 0 Å². The van der Waals surface area contributed by atoms with E-state index in [0.29, 0.717) is 52.6 Å². The molecule has 1 aliphatic rings. The second-order valence-corrected chi connectivity index (χ2v) is 12.6. The molecule has 6 rings (SSSR count). The van der Waals surface area contributed by atoms with Gasteiger partial charge in [0.25, 0.3) is 0 Å². The van der Waals surface area contributed by atoms with Gasteiger partial charge in [0.05, 0.1) is 33.0 Å². The second-order valence-electron chi connectivity index (χ2n) is 12.6. The third kappa shape index (κ3) is 10.3. The zero-order chi connectivity index (χ0) is 34.2. The average Bonchev–Trinajstić information content (AvgIpc) is 3.58. The molecular weight excluding hydrogens is 630 g/mol. The molecule has 264 valence electrons. The number of H-pyrrole nitrogens is 1. The van der Waals surface area contributed by atoms with E-state index in [0.717, 1.165) is 41.5 Å². The van der Waals surface area contributed by atoms with Crippen molar-refractivity contribution in [1.82, 2.24) is 9.97 Å². The molecule has 2 aromatic heterocycles. The van der Waals surface area contributed by atoms with Gasteiger partial charge in [0.2, 0.25) is 0 Å². The number of pyridine rings is 1. The highest BCUT2D eigenvalue weighted by molar-refractivity contribution is 5.83. The van der Waals surface area contributed by atoms with Gasteiger partial charge < -0.3 is 39.1 Å². The molecule has 0 saturated carbocycles. The molecule has 3 N–H and O–H groups in total. The first-order valence-electron chi connectivity index (χ1n) is 17.7. The van der Waals surface area contributed by atoms with Crippen LogP contribution in [0.2, 0.25) is 0 Å². The van der Waals surface area contributed by atoms with Crippen molar-refractivity contribution < 1.29 is 28.4 Å². The molecule has 0 amide bonds. The number of unbranched alkanes of at least 4 members (excludes halogenated alkanes) is 2. The lowest BCUT2D eigenvalue weighted by Gasteiger charge is -2.46. The average molecular weight is 680 g/mol. The minimum Gasteiger partial charge on any atom is -0.379 e. The van der Waals surface area contributed by atoms with E-state index in [2.05, 4.69) is 58.6 Å². The molecule has 0 bridgehead atoms. The van der Waals surface area contributed by atoms with Gasteiger partial charge in [-0.15, -0.1) is 0 Å². The summed E-state index contributed by atoms with van der Waals surface area (Å²) in [5.74, 6) is 0. The summed E-state index contributed by atoms with van der Waals surface area (Å²) in [5, 5.41) is 1.19. The summed E-state index contributed by atoms with van der Waals surface area (Å²) in [5.41, 5.74) is 11.1. The molecular formula is C41H49N3O6. The molecule has 1 aliphatic heterocycles. The van der Waals surface area contributed by atoms with E-state index in [4.69, 9.17) is 34.2 Å². The lowest BCUT2D eigenvalue weighted by molar-refractivity contribution is -0.328. The van der Waals surface area contributed by atoms with E-state index in [1.165, 1.54) is 10.9 Å². The van der Waals surface area contributed by atoms with Gasteiger partial charge in [-0.3, -0.25) is 4.98 Å². The fraction of sp³-hybridized carbons (Fsp3) is 0.390. The first-order chi connectivity index (χ1) is 24.8. The third-order valence-corrected chi connectivity index (χ3v) is 8.96. The maximum Gasteiger partial charge on any atom is 0.186 e. The number of aromatic nitrogens is 2. The van der Waals surface area contributed by atoms with Crippen molar-refractivity contribution in [3.63, 3.8) is 0 Å². The normalized spacial score (nSPS) is 20.7. The molecule has 0 aliphatic carbocycles. The van der Waals surface area contributed by atoms with Crippen LogP contribution < -0.4 is 5.73 Å². The highest BCUT2D eigenvalue weighted by Gasteiger charge is 2.49. The van der Waals surface area contributed by atoms with Gasteiger partial charge in [-0.05, 0) is 72.7 Å². The summed E-state index contributed by atoms with van der Waals surface area (Å²) in [6.45, 7) is 3.13. The zero-order valence-corrected chi connectivity index (χ0v) is 28.6. The molecule has 50 heavy (non-hydrogen) atoms. The van der Waals surface area contributed by atoms with Crippen molar-refractivity contribution in [3.8, 4) is 0 Å². The Bertz CT molecular complexity index is 1650.